The van der Waals surface area contributed by atoms with E-state index in [1.165, 1.54) is 5.56 Å². The molecule has 1 heterocycles. The Bertz CT molecular complexity index is 466. The summed E-state index contributed by atoms with van der Waals surface area (Å²) in [6.45, 7) is 2.74. The average molecular weight is 232 g/mol. The number of carbonyl (C=O) groups excluding carboxylic acids is 1. The van der Waals surface area contributed by atoms with Crippen molar-refractivity contribution in [1.29, 1.82) is 0 Å². The normalized spacial score (nSPS) is 15.0. The van der Waals surface area contributed by atoms with Gasteiger partial charge >= 0.3 is 0 Å². The number of hydrogen-bond acceptors (Lipinski definition) is 4. The van der Waals surface area contributed by atoms with Crippen LogP contribution in [0.25, 0.3) is 0 Å². The first-order valence-electron chi connectivity index (χ1n) is 5.68. The molecule has 0 aliphatic carbocycles. The fraction of sp³-hybridized carbons (Fsp3) is 0.308. The Labute approximate surface area is 100 Å². The van der Waals surface area contributed by atoms with E-state index in [9.17, 15) is 4.79 Å². The third kappa shape index (κ3) is 2.58. The van der Waals surface area contributed by atoms with Crippen molar-refractivity contribution in [1.82, 2.24) is 5.32 Å². The molecule has 17 heavy (non-hydrogen) atoms. The van der Waals surface area contributed by atoms with Crippen molar-refractivity contribution < 1.29 is 9.53 Å². The Hall–Kier alpha value is -1.97. The predicted octanol–water partition coefficient (Wildman–Crippen LogP) is 1.07. The lowest BCUT2D eigenvalue weighted by molar-refractivity contribution is -0.116. The molecule has 0 saturated carbocycles. The van der Waals surface area contributed by atoms with Gasteiger partial charge < -0.3 is 15.8 Å². The Balaban J connectivity index is 2.02. The maximum absolute atomic E-state index is 11.4. The minimum absolute atomic E-state index is 0.0448. The second-order valence-electron chi connectivity index (χ2n) is 3.98. The van der Waals surface area contributed by atoms with Gasteiger partial charge in [0.05, 0.1) is 0 Å². The van der Waals surface area contributed by atoms with Crippen molar-refractivity contribution in [3.05, 3.63) is 47.0 Å². The molecule has 0 amide bonds. The highest BCUT2D eigenvalue weighted by atomic mass is 16.5. The molecule has 0 bridgehead atoms. The summed E-state index contributed by atoms with van der Waals surface area (Å²) in [5.74, 6) is 0.107. The molecule has 0 atom stereocenters. The lowest BCUT2D eigenvalue weighted by Crippen LogP contribution is -2.20. The van der Waals surface area contributed by atoms with Gasteiger partial charge in [-0.15, -0.1) is 0 Å². The van der Waals surface area contributed by atoms with E-state index in [2.05, 4.69) is 24.4 Å². The molecule has 0 fully saturated rings. The number of Topliss-reactive ketones (excluding diaryl/α,β-unsaturated/α-hetero) is 1. The predicted molar refractivity (Wildman–Crippen MR) is 64.8 cm³/mol. The fourth-order valence-electron chi connectivity index (χ4n) is 1.76. The van der Waals surface area contributed by atoms with Crippen molar-refractivity contribution in [3.63, 3.8) is 0 Å². The van der Waals surface area contributed by atoms with E-state index in [4.69, 9.17) is 10.5 Å². The number of nitrogens with two attached hydrogens (primary N) is 1. The van der Waals surface area contributed by atoms with E-state index >= 15 is 0 Å². The zero-order valence-electron chi connectivity index (χ0n) is 9.82. The SMILES string of the molecule is CCc1cccc(CNC2=C(N)OCC2=O)c1. The number of ketones is 1. The Morgan fingerprint density at radius 3 is 2.82 bits per heavy atom. The van der Waals surface area contributed by atoms with Crippen LogP contribution in [0.5, 0.6) is 0 Å². The molecule has 0 radical (unpaired) electrons. The Morgan fingerprint density at radius 1 is 1.41 bits per heavy atom. The number of rotatable bonds is 4. The lowest BCUT2D eigenvalue weighted by Gasteiger charge is -2.07. The van der Waals surface area contributed by atoms with Gasteiger partial charge in [-0.1, -0.05) is 31.2 Å². The zero-order chi connectivity index (χ0) is 12.3. The third-order valence-corrected chi connectivity index (χ3v) is 2.75. The van der Waals surface area contributed by atoms with Crippen LogP contribution in [-0.4, -0.2) is 12.4 Å². The number of ether oxygens (including phenoxy) is 1. The van der Waals surface area contributed by atoms with Gasteiger partial charge in [0.25, 0.3) is 0 Å². The van der Waals surface area contributed by atoms with Crippen LogP contribution in [0.2, 0.25) is 0 Å². The molecule has 4 nitrogen and oxygen atoms in total. The van der Waals surface area contributed by atoms with Gasteiger partial charge in [0, 0.05) is 6.54 Å². The van der Waals surface area contributed by atoms with Crippen LogP contribution >= 0.6 is 0 Å². The number of hydrogen-bond donors (Lipinski definition) is 2. The van der Waals surface area contributed by atoms with Crippen molar-refractivity contribution in [3.8, 4) is 0 Å². The van der Waals surface area contributed by atoms with Gasteiger partial charge in [0.1, 0.15) is 5.70 Å². The summed E-state index contributed by atoms with van der Waals surface area (Å²) in [6.07, 6.45) is 1.00. The van der Waals surface area contributed by atoms with Crippen LogP contribution in [0, 0.1) is 0 Å². The number of nitrogens with one attached hydrogen (secondary N) is 1. The van der Waals surface area contributed by atoms with E-state index < -0.39 is 0 Å². The minimum atomic E-state index is -0.0888. The van der Waals surface area contributed by atoms with Crippen LogP contribution in [-0.2, 0) is 22.5 Å². The topological polar surface area (TPSA) is 64.3 Å². The molecule has 1 aromatic rings. The first-order valence-corrected chi connectivity index (χ1v) is 5.68. The monoisotopic (exact) mass is 232 g/mol. The Kier molecular flexibility index (Phi) is 3.32. The number of aryl methyl sites for hydroxylation is 1. The molecule has 90 valence electrons. The third-order valence-electron chi connectivity index (χ3n) is 2.75. The molecule has 1 aromatic carbocycles. The highest BCUT2D eigenvalue weighted by Gasteiger charge is 2.22. The second-order valence-corrected chi connectivity index (χ2v) is 3.98. The molecule has 0 spiro atoms. The molecule has 3 N–H and O–H groups in total. The number of carbonyl (C=O) groups is 1. The van der Waals surface area contributed by atoms with Crippen molar-refractivity contribution in [2.75, 3.05) is 6.61 Å². The standard InChI is InChI=1S/C13H16N2O2/c1-2-9-4-3-5-10(6-9)7-15-12-11(16)8-17-13(12)14/h3-6,15H,2,7-8,14H2,1H3. The molecule has 1 aliphatic rings. The van der Waals surface area contributed by atoms with Crippen LogP contribution in [0.3, 0.4) is 0 Å². The first kappa shape index (κ1) is 11.5. The first-order chi connectivity index (χ1) is 8.20. The largest absolute Gasteiger partial charge is 0.469 e. The summed E-state index contributed by atoms with van der Waals surface area (Å²) >= 11 is 0. The summed E-state index contributed by atoms with van der Waals surface area (Å²) in [7, 11) is 0. The molecule has 4 heteroatoms. The molecule has 0 aromatic heterocycles. The van der Waals surface area contributed by atoms with Crippen LogP contribution in [0.1, 0.15) is 18.1 Å². The zero-order valence-corrected chi connectivity index (χ0v) is 9.82. The smallest absolute Gasteiger partial charge is 0.221 e. The van der Waals surface area contributed by atoms with E-state index in [1.54, 1.807) is 0 Å². The van der Waals surface area contributed by atoms with E-state index in [0.29, 0.717) is 12.2 Å². The van der Waals surface area contributed by atoms with Crippen LogP contribution < -0.4 is 11.1 Å². The second kappa shape index (κ2) is 4.91. The molecule has 1 aliphatic heterocycles. The summed E-state index contributed by atoms with van der Waals surface area (Å²) in [5, 5.41) is 3.03. The highest BCUT2D eigenvalue weighted by Crippen LogP contribution is 2.11. The van der Waals surface area contributed by atoms with Crippen LogP contribution in [0.15, 0.2) is 35.8 Å². The van der Waals surface area contributed by atoms with Gasteiger partial charge in [-0.3, -0.25) is 4.79 Å². The molecular weight excluding hydrogens is 216 g/mol. The average Bonchev–Trinajstić information content (AvgIpc) is 2.67. The molecule has 0 saturated heterocycles. The maximum Gasteiger partial charge on any atom is 0.221 e. The van der Waals surface area contributed by atoms with Gasteiger partial charge in [0.2, 0.25) is 11.7 Å². The minimum Gasteiger partial charge on any atom is -0.469 e. The molecule has 0 unspecified atom stereocenters. The lowest BCUT2D eigenvalue weighted by atomic mass is 10.1. The van der Waals surface area contributed by atoms with Gasteiger partial charge in [-0.2, -0.15) is 0 Å². The maximum atomic E-state index is 11.4. The van der Waals surface area contributed by atoms with Crippen molar-refractivity contribution in [2.24, 2.45) is 5.73 Å². The van der Waals surface area contributed by atoms with Crippen LogP contribution in [0.4, 0.5) is 0 Å². The van der Waals surface area contributed by atoms with E-state index in [0.717, 1.165) is 12.0 Å². The summed E-state index contributed by atoms with van der Waals surface area (Å²) in [6, 6.07) is 8.23. The van der Waals surface area contributed by atoms with Gasteiger partial charge in [-0.25, -0.2) is 0 Å². The summed E-state index contributed by atoms with van der Waals surface area (Å²) in [5.41, 5.74) is 8.37. The molecule has 2 rings (SSSR count). The van der Waals surface area contributed by atoms with Gasteiger partial charge in [0.15, 0.2) is 6.61 Å². The number of benzene rings is 1. The van der Waals surface area contributed by atoms with Crippen molar-refractivity contribution in [2.45, 2.75) is 19.9 Å². The molecular formula is C13H16N2O2. The highest BCUT2D eigenvalue weighted by molar-refractivity contribution is 5.97. The van der Waals surface area contributed by atoms with Crippen molar-refractivity contribution >= 4 is 5.78 Å². The van der Waals surface area contributed by atoms with E-state index in [-0.39, 0.29) is 18.3 Å². The summed E-state index contributed by atoms with van der Waals surface area (Å²) < 4.78 is 4.96. The quantitative estimate of drug-likeness (QED) is 0.815. The fourth-order valence-corrected chi connectivity index (χ4v) is 1.76. The summed E-state index contributed by atoms with van der Waals surface area (Å²) in [4.78, 5) is 11.4. The Morgan fingerprint density at radius 2 is 2.18 bits per heavy atom. The van der Waals surface area contributed by atoms with E-state index in [1.807, 2.05) is 12.1 Å². The van der Waals surface area contributed by atoms with Gasteiger partial charge in [-0.05, 0) is 17.5 Å².